The summed E-state index contributed by atoms with van der Waals surface area (Å²) in [7, 11) is 1.87. The average Bonchev–Trinajstić information content (AvgIpc) is 2.49. The number of carbonyl (C=O) groups excluding carboxylic acids is 1. The van der Waals surface area contributed by atoms with Gasteiger partial charge in [0.25, 0.3) is 0 Å². The van der Waals surface area contributed by atoms with Crippen LogP contribution in [0.2, 0.25) is 0 Å². The lowest BCUT2D eigenvalue weighted by atomic mass is 10.0. The normalized spacial score (nSPS) is 17.1. The maximum absolute atomic E-state index is 13.2. The molecule has 3 nitrogen and oxygen atoms in total. The summed E-state index contributed by atoms with van der Waals surface area (Å²) in [5.74, 6) is -2.91. The van der Waals surface area contributed by atoms with Crippen LogP contribution in [-0.4, -0.2) is 54.6 Å². The van der Waals surface area contributed by atoms with Gasteiger partial charge in [-0.15, -0.1) is 0 Å². The van der Waals surface area contributed by atoms with Crippen LogP contribution in [0.4, 0.5) is 22.0 Å². The van der Waals surface area contributed by atoms with Crippen molar-refractivity contribution in [2.24, 2.45) is 0 Å². The van der Waals surface area contributed by atoms with Crippen LogP contribution in [0.3, 0.4) is 0 Å². The molecule has 0 bridgehead atoms. The quantitative estimate of drug-likeness (QED) is 0.780. The lowest BCUT2D eigenvalue weighted by Gasteiger charge is -2.37. The first-order valence-electron chi connectivity index (χ1n) is 7.64. The van der Waals surface area contributed by atoms with Crippen LogP contribution in [0, 0.1) is 11.6 Å². The number of rotatable bonds is 4. The third-order valence-electron chi connectivity index (χ3n) is 4.14. The Morgan fingerprint density at radius 3 is 2.38 bits per heavy atom. The van der Waals surface area contributed by atoms with Gasteiger partial charge in [-0.2, -0.15) is 13.2 Å². The fraction of sp³-hybridized carbons (Fsp3) is 0.562. The van der Waals surface area contributed by atoms with Crippen molar-refractivity contribution in [1.29, 1.82) is 0 Å². The molecule has 8 heteroatoms. The average molecular weight is 350 g/mol. The molecule has 1 aliphatic rings. The minimum Gasteiger partial charge on any atom is -0.330 e. The molecular formula is C16H19F5N2O. The molecule has 0 N–H and O–H groups in total. The third-order valence-corrected chi connectivity index (χ3v) is 4.14. The Bertz CT molecular complexity index is 582. The van der Waals surface area contributed by atoms with Crippen LogP contribution >= 0.6 is 0 Å². The van der Waals surface area contributed by atoms with Gasteiger partial charge in [0.05, 0.1) is 6.42 Å². The summed E-state index contributed by atoms with van der Waals surface area (Å²) in [5.41, 5.74) is 0.152. The Morgan fingerprint density at radius 2 is 1.83 bits per heavy atom. The topological polar surface area (TPSA) is 23.6 Å². The summed E-state index contributed by atoms with van der Waals surface area (Å²) in [4.78, 5) is 15.2. The van der Waals surface area contributed by atoms with Crippen molar-refractivity contribution in [2.45, 2.75) is 31.5 Å². The van der Waals surface area contributed by atoms with E-state index >= 15 is 0 Å². The van der Waals surface area contributed by atoms with Gasteiger partial charge in [-0.05, 0) is 50.7 Å². The van der Waals surface area contributed by atoms with E-state index < -0.39 is 36.3 Å². The molecule has 1 amide bonds. The van der Waals surface area contributed by atoms with E-state index in [1.54, 1.807) is 0 Å². The molecule has 24 heavy (non-hydrogen) atoms. The van der Waals surface area contributed by atoms with Gasteiger partial charge < -0.3 is 9.80 Å². The molecule has 0 aliphatic carbocycles. The van der Waals surface area contributed by atoms with Gasteiger partial charge in [0, 0.05) is 6.04 Å². The van der Waals surface area contributed by atoms with Crippen molar-refractivity contribution in [3.63, 3.8) is 0 Å². The van der Waals surface area contributed by atoms with E-state index in [4.69, 9.17) is 0 Å². The Morgan fingerprint density at radius 1 is 1.21 bits per heavy atom. The SMILES string of the molecule is CN1CCC(N(CC(F)(F)F)C(=O)Cc2ccc(F)c(F)c2)CC1. The van der Waals surface area contributed by atoms with E-state index in [2.05, 4.69) is 0 Å². The second-order valence-corrected chi connectivity index (χ2v) is 6.10. The van der Waals surface area contributed by atoms with Gasteiger partial charge in [-0.3, -0.25) is 4.79 Å². The van der Waals surface area contributed by atoms with E-state index in [0.717, 1.165) is 17.0 Å². The highest BCUT2D eigenvalue weighted by Gasteiger charge is 2.37. The molecule has 134 valence electrons. The summed E-state index contributed by atoms with van der Waals surface area (Å²) in [6, 6.07) is 2.41. The smallest absolute Gasteiger partial charge is 0.330 e. The molecule has 0 saturated carbocycles. The van der Waals surface area contributed by atoms with Gasteiger partial charge in [-0.1, -0.05) is 6.07 Å². The Kier molecular flexibility index (Phi) is 5.79. The lowest BCUT2D eigenvalue weighted by molar-refractivity contribution is -0.167. The number of hydrogen-bond acceptors (Lipinski definition) is 2. The molecular weight excluding hydrogens is 331 g/mol. The minimum atomic E-state index is -4.51. The Hall–Kier alpha value is -1.70. The lowest BCUT2D eigenvalue weighted by Crippen LogP contribution is -2.50. The second kappa shape index (κ2) is 7.46. The van der Waals surface area contributed by atoms with Crippen molar-refractivity contribution >= 4 is 5.91 Å². The zero-order valence-corrected chi connectivity index (χ0v) is 13.2. The first-order chi connectivity index (χ1) is 11.2. The van der Waals surface area contributed by atoms with Crippen molar-refractivity contribution in [3.8, 4) is 0 Å². The van der Waals surface area contributed by atoms with E-state index in [0.29, 0.717) is 25.9 Å². The molecule has 1 aromatic carbocycles. The van der Waals surface area contributed by atoms with Crippen LogP contribution < -0.4 is 0 Å². The number of benzene rings is 1. The van der Waals surface area contributed by atoms with Crippen molar-refractivity contribution in [3.05, 3.63) is 35.4 Å². The van der Waals surface area contributed by atoms with Gasteiger partial charge in [0.1, 0.15) is 6.54 Å². The summed E-state index contributed by atoms with van der Waals surface area (Å²) in [6.45, 7) is -0.112. The number of halogens is 5. The third kappa shape index (κ3) is 5.15. The Labute approximate surface area is 137 Å². The fourth-order valence-electron chi connectivity index (χ4n) is 2.85. The molecule has 0 spiro atoms. The number of alkyl halides is 3. The molecule has 1 aromatic rings. The number of carbonyl (C=O) groups is 1. The molecule has 1 heterocycles. The van der Waals surface area contributed by atoms with E-state index in [1.807, 2.05) is 11.9 Å². The number of nitrogens with zero attached hydrogens (tertiary/aromatic N) is 2. The van der Waals surface area contributed by atoms with Gasteiger partial charge in [0.15, 0.2) is 11.6 Å². The second-order valence-electron chi connectivity index (χ2n) is 6.10. The van der Waals surface area contributed by atoms with Crippen LogP contribution in [0.1, 0.15) is 18.4 Å². The maximum Gasteiger partial charge on any atom is 0.406 e. The van der Waals surface area contributed by atoms with E-state index in [1.165, 1.54) is 6.07 Å². The van der Waals surface area contributed by atoms with E-state index in [9.17, 15) is 26.7 Å². The van der Waals surface area contributed by atoms with Crippen LogP contribution in [0.5, 0.6) is 0 Å². The molecule has 1 saturated heterocycles. The van der Waals surface area contributed by atoms with Crippen LogP contribution in [0.25, 0.3) is 0 Å². The predicted octanol–water partition coefficient (Wildman–Crippen LogP) is 2.99. The summed E-state index contributed by atoms with van der Waals surface area (Å²) >= 11 is 0. The molecule has 2 rings (SSSR count). The first kappa shape index (κ1) is 18.6. The molecule has 1 fully saturated rings. The van der Waals surface area contributed by atoms with Crippen molar-refractivity contribution < 1.29 is 26.7 Å². The number of amides is 1. The van der Waals surface area contributed by atoms with Crippen LogP contribution in [-0.2, 0) is 11.2 Å². The molecule has 0 aromatic heterocycles. The van der Waals surface area contributed by atoms with Crippen molar-refractivity contribution in [2.75, 3.05) is 26.7 Å². The van der Waals surface area contributed by atoms with Crippen molar-refractivity contribution in [1.82, 2.24) is 9.80 Å². The summed E-state index contributed by atoms with van der Waals surface area (Å²) < 4.78 is 64.7. The molecule has 0 unspecified atom stereocenters. The Balaban J connectivity index is 2.12. The zero-order chi connectivity index (χ0) is 17.9. The van der Waals surface area contributed by atoms with Gasteiger partial charge in [-0.25, -0.2) is 8.78 Å². The number of likely N-dealkylation sites (tertiary alicyclic amines) is 1. The van der Waals surface area contributed by atoms with Crippen LogP contribution in [0.15, 0.2) is 18.2 Å². The maximum atomic E-state index is 13.2. The monoisotopic (exact) mass is 350 g/mol. The minimum absolute atomic E-state index is 0.152. The summed E-state index contributed by atoms with van der Waals surface area (Å²) in [5, 5.41) is 0. The molecule has 1 aliphatic heterocycles. The molecule has 0 radical (unpaired) electrons. The highest BCUT2D eigenvalue weighted by Crippen LogP contribution is 2.24. The fourth-order valence-corrected chi connectivity index (χ4v) is 2.85. The standard InChI is InChI=1S/C16H19F5N2O/c1-22-6-4-12(5-7-22)23(10-16(19,20)21)15(24)9-11-2-3-13(17)14(18)8-11/h2-3,8,12H,4-7,9-10H2,1H3. The highest BCUT2D eigenvalue weighted by molar-refractivity contribution is 5.79. The first-order valence-corrected chi connectivity index (χ1v) is 7.64. The summed E-state index contributed by atoms with van der Waals surface area (Å²) in [6.07, 6.45) is -3.99. The van der Waals surface area contributed by atoms with Gasteiger partial charge >= 0.3 is 6.18 Å². The molecule has 0 atom stereocenters. The number of piperidine rings is 1. The van der Waals surface area contributed by atoms with E-state index in [-0.39, 0.29) is 12.0 Å². The highest BCUT2D eigenvalue weighted by atomic mass is 19.4. The number of hydrogen-bond donors (Lipinski definition) is 0. The zero-order valence-electron chi connectivity index (χ0n) is 13.2. The predicted molar refractivity (Wildman–Crippen MR) is 78.3 cm³/mol. The largest absolute Gasteiger partial charge is 0.406 e. The van der Waals surface area contributed by atoms with Gasteiger partial charge in [0.2, 0.25) is 5.91 Å².